The normalized spacial score (nSPS) is 10.8. The van der Waals surface area contributed by atoms with E-state index in [2.05, 4.69) is 5.32 Å². The van der Waals surface area contributed by atoms with E-state index >= 15 is 0 Å². The van der Waals surface area contributed by atoms with Crippen LogP contribution in [0.25, 0.3) is 6.08 Å². The van der Waals surface area contributed by atoms with Crippen molar-refractivity contribution in [2.45, 2.75) is 0 Å². The minimum absolute atomic E-state index is 0.0511. The van der Waals surface area contributed by atoms with Gasteiger partial charge in [0, 0.05) is 11.6 Å². The molecule has 0 aliphatic carbocycles. The van der Waals surface area contributed by atoms with Crippen LogP contribution in [-0.2, 0) is 9.59 Å². The van der Waals surface area contributed by atoms with E-state index in [1.165, 1.54) is 30.3 Å². The van der Waals surface area contributed by atoms with Crippen molar-refractivity contribution in [3.8, 4) is 11.5 Å². The first-order valence-electron chi connectivity index (χ1n) is 9.07. The Labute approximate surface area is 176 Å². The van der Waals surface area contributed by atoms with Gasteiger partial charge in [0.1, 0.15) is 5.75 Å². The molecule has 0 saturated heterocycles. The fourth-order valence-electron chi connectivity index (χ4n) is 2.67. The van der Waals surface area contributed by atoms with E-state index in [-0.39, 0.29) is 29.2 Å². The third-order valence-electron chi connectivity index (χ3n) is 4.12. The van der Waals surface area contributed by atoms with Crippen molar-refractivity contribution in [1.29, 1.82) is 0 Å². The van der Waals surface area contributed by atoms with Gasteiger partial charge in [-0.3, -0.25) is 24.5 Å². The lowest BCUT2D eigenvalue weighted by Crippen LogP contribution is -2.27. The molecule has 8 heteroatoms. The summed E-state index contributed by atoms with van der Waals surface area (Å²) in [6.45, 7) is 0. The van der Waals surface area contributed by atoms with E-state index in [1.807, 2.05) is 0 Å². The molecule has 0 atom stereocenters. The second-order valence-electron chi connectivity index (χ2n) is 6.26. The van der Waals surface area contributed by atoms with Gasteiger partial charge in [-0.15, -0.1) is 0 Å². The molecule has 0 aliphatic rings. The molecule has 0 spiro atoms. The van der Waals surface area contributed by atoms with Crippen molar-refractivity contribution < 1.29 is 24.0 Å². The summed E-state index contributed by atoms with van der Waals surface area (Å²) < 4.78 is 5.62. The summed E-state index contributed by atoms with van der Waals surface area (Å²) >= 11 is 0. The molecule has 0 aromatic heterocycles. The van der Waals surface area contributed by atoms with E-state index in [9.17, 15) is 24.5 Å². The number of benzene rings is 3. The largest absolute Gasteiger partial charge is 0.450 e. The molecule has 0 bridgehead atoms. The van der Waals surface area contributed by atoms with Gasteiger partial charge in [0.25, 0.3) is 5.91 Å². The van der Waals surface area contributed by atoms with Crippen LogP contribution in [0.5, 0.6) is 11.5 Å². The van der Waals surface area contributed by atoms with E-state index in [0.717, 1.165) is 0 Å². The highest BCUT2D eigenvalue weighted by Gasteiger charge is 2.16. The highest BCUT2D eigenvalue weighted by Crippen LogP contribution is 2.31. The number of nitro groups is 1. The lowest BCUT2D eigenvalue weighted by molar-refractivity contribution is -0.385. The van der Waals surface area contributed by atoms with Crippen LogP contribution in [0.15, 0.2) is 84.6 Å². The summed E-state index contributed by atoms with van der Waals surface area (Å²) in [7, 11) is 0. The number of ether oxygens (including phenoxy) is 1. The highest BCUT2D eigenvalue weighted by atomic mass is 16.6. The average Bonchev–Trinajstić information content (AvgIpc) is 2.79. The SMILES string of the molecule is O=CC(=O)/C(=C/c1cccc(Oc2ccccc2[N+](=O)[O-])c1)NC(=O)c1ccccc1. The monoisotopic (exact) mass is 416 g/mol. The van der Waals surface area contributed by atoms with Crippen molar-refractivity contribution in [3.05, 3.63) is 106 Å². The number of nitrogens with one attached hydrogen (secondary N) is 1. The Balaban J connectivity index is 1.88. The van der Waals surface area contributed by atoms with Gasteiger partial charge in [-0.2, -0.15) is 0 Å². The Kier molecular flexibility index (Phi) is 6.64. The Morgan fingerprint density at radius 2 is 1.65 bits per heavy atom. The molecule has 3 rings (SSSR count). The lowest BCUT2D eigenvalue weighted by atomic mass is 10.1. The molecule has 1 amide bonds. The first-order chi connectivity index (χ1) is 15.0. The zero-order valence-corrected chi connectivity index (χ0v) is 16.1. The first kappa shape index (κ1) is 21.1. The first-order valence-corrected chi connectivity index (χ1v) is 9.07. The number of para-hydroxylation sites is 2. The predicted molar refractivity (Wildman–Crippen MR) is 113 cm³/mol. The zero-order chi connectivity index (χ0) is 22.2. The van der Waals surface area contributed by atoms with Gasteiger partial charge in [0.15, 0.2) is 6.29 Å². The second-order valence-corrected chi connectivity index (χ2v) is 6.26. The van der Waals surface area contributed by atoms with Crippen LogP contribution in [0.1, 0.15) is 15.9 Å². The number of amides is 1. The summed E-state index contributed by atoms with van der Waals surface area (Å²) in [6.07, 6.45) is 1.43. The van der Waals surface area contributed by atoms with Crippen LogP contribution in [0.3, 0.4) is 0 Å². The maximum Gasteiger partial charge on any atom is 0.311 e. The predicted octanol–water partition coefficient (Wildman–Crippen LogP) is 3.93. The third-order valence-corrected chi connectivity index (χ3v) is 4.12. The molecular formula is C23H16N2O6. The van der Waals surface area contributed by atoms with Gasteiger partial charge in [-0.1, -0.05) is 42.5 Å². The van der Waals surface area contributed by atoms with Crippen LogP contribution in [-0.4, -0.2) is 22.9 Å². The van der Waals surface area contributed by atoms with Crippen LogP contribution in [0.2, 0.25) is 0 Å². The number of carbonyl (C=O) groups excluding carboxylic acids is 3. The minimum atomic E-state index is -0.908. The van der Waals surface area contributed by atoms with E-state index in [1.54, 1.807) is 54.6 Å². The summed E-state index contributed by atoms with van der Waals surface area (Å²) in [5.74, 6) is -1.13. The molecule has 0 unspecified atom stereocenters. The Morgan fingerprint density at radius 1 is 0.935 bits per heavy atom. The van der Waals surface area contributed by atoms with Crippen molar-refractivity contribution >= 4 is 29.7 Å². The standard InChI is InChI=1S/C23H16N2O6/c26-15-21(27)19(24-23(28)17-8-2-1-3-9-17)14-16-7-6-10-18(13-16)31-22-12-5-4-11-20(22)25(29)30/h1-15H,(H,24,28)/b19-14-. The van der Waals surface area contributed by atoms with Gasteiger partial charge in [0.2, 0.25) is 11.5 Å². The molecule has 154 valence electrons. The molecule has 0 saturated carbocycles. The van der Waals surface area contributed by atoms with Crippen molar-refractivity contribution in [1.82, 2.24) is 5.32 Å². The molecule has 31 heavy (non-hydrogen) atoms. The number of allylic oxidation sites excluding steroid dienone is 1. The topological polar surface area (TPSA) is 116 Å². The molecule has 0 aliphatic heterocycles. The van der Waals surface area contributed by atoms with Crippen molar-refractivity contribution in [3.63, 3.8) is 0 Å². The maximum atomic E-state index is 12.4. The van der Waals surface area contributed by atoms with Crippen LogP contribution >= 0.6 is 0 Å². The highest BCUT2D eigenvalue weighted by molar-refractivity contribution is 6.34. The number of nitro benzene ring substituents is 1. The number of ketones is 1. The molecule has 0 heterocycles. The summed E-state index contributed by atoms with van der Waals surface area (Å²) in [6, 6.07) is 20.5. The van der Waals surface area contributed by atoms with E-state index in [4.69, 9.17) is 4.74 Å². The van der Waals surface area contributed by atoms with Gasteiger partial charge >= 0.3 is 5.69 Å². The van der Waals surface area contributed by atoms with Crippen molar-refractivity contribution in [2.75, 3.05) is 0 Å². The molecule has 3 aromatic carbocycles. The quantitative estimate of drug-likeness (QED) is 0.196. The number of rotatable bonds is 8. The number of nitrogens with zero attached hydrogens (tertiary/aromatic N) is 1. The van der Waals surface area contributed by atoms with Crippen LogP contribution < -0.4 is 10.1 Å². The van der Waals surface area contributed by atoms with Gasteiger partial charge in [0.05, 0.1) is 10.6 Å². The van der Waals surface area contributed by atoms with Crippen molar-refractivity contribution in [2.24, 2.45) is 0 Å². The van der Waals surface area contributed by atoms with Crippen LogP contribution in [0, 0.1) is 10.1 Å². The number of hydrogen-bond acceptors (Lipinski definition) is 6. The second kappa shape index (κ2) is 9.75. The summed E-state index contributed by atoms with van der Waals surface area (Å²) in [5, 5.41) is 13.6. The lowest BCUT2D eigenvalue weighted by Gasteiger charge is -2.09. The molecule has 0 radical (unpaired) electrons. The maximum absolute atomic E-state index is 12.4. The smallest absolute Gasteiger partial charge is 0.311 e. The fraction of sp³-hybridized carbons (Fsp3) is 0. The third kappa shape index (κ3) is 5.48. The Bertz CT molecular complexity index is 1170. The van der Waals surface area contributed by atoms with E-state index in [0.29, 0.717) is 11.1 Å². The fourth-order valence-corrected chi connectivity index (χ4v) is 2.67. The number of hydrogen-bond donors (Lipinski definition) is 1. The minimum Gasteiger partial charge on any atom is -0.450 e. The Hall–Kier alpha value is -4.59. The molecule has 1 N–H and O–H groups in total. The summed E-state index contributed by atoms with van der Waals surface area (Å²) in [5.41, 5.74) is 0.345. The molecule has 8 nitrogen and oxygen atoms in total. The molecule has 3 aromatic rings. The summed E-state index contributed by atoms with van der Waals surface area (Å²) in [4.78, 5) is 46.0. The molecular weight excluding hydrogens is 400 g/mol. The van der Waals surface area contributed by atoms with Gasteiger partial charge < -0.3 is 10.1 Å². The van der Waals surface area contributed by atoms with E-state index < -0.39 is 16.6 Å². The average molecular weight is 416 g/mol. The van der Waals surface area contributed by atoms with Gasteiger partial charge in [-0.25, -0.2) is 0 Å². The number of Topliss-reactive ketones (excluding diaryl/α,β-unsaturated/α-hetero) is 1. The molecule has 0 fully saturated rings. The zero-order valence-electron chi connectivity index (χ0n) is 16.1. The number of carbonyl (C=O) groups is 3. The number of aldehydes is 1. The Morgan fingerprint density at radius 3 is 2.35 bits per heavy atom. The van der Waals surface area contributed by atoms with Gasteiger partial charge in [-0.05, 0) is 42.0 Å². The van der Waals surface area contributed by atoms with Crippen LogP contribution in [0.4, 0.5) is 5.69 Å².